The zero-order chi connectivity index (χ0) is 17.6. The highest BCUT2D eigenvalue weighted by atomic mass is 127. The minimum atomic E-state index is -0.490. The van der Waals surface area contributed by atoms with Gasteiger partial charge in [-0.3, -0.25) is 4.79 Å². The summed E-state index contributed by atoms with van der Waals surface area (Å²) in [7, 11) is 0. The lowest BCUT2D eigenvalue weighted by Gasteiger charge is -2.10. The summed E-state index contributed by atoms with van der Waals surface area (Å²) in [5, 5.41) is 2.73. The molecule has 1 fully saturated rings. The summed E-state index contributed by atoms with van der Waals surface area (Å²) in [5.41, 5.74) is 2.37. The van der Waals surface area contributed by atoms with Gasteiger partial charge in [0.2, 0.25) is 0 Å². The van der Waals surface area contributed by atoms with E-state index in [1.807, 2.05) is 53.9 Å². The Morgan fingerprint density at radius 3 is 2.44 bits per heavy atom. The van der Waals surface area contributed by atoms with Gasteiger partial charge in [-0.2, -0.15) is 0 Å². The molecule has 0 saturated carbocycles. The van der Waals surface area contributed by atoms with Gasteiger partial charge in [-0.25, -0.2) is 4.79 Å². The van der Waals surface area contributed by atoms with Gasteiger partial charge in [-0.05, 0) is 52.4 Å². The molecule has 1 aliphatic rings. The Hall–Kier alpha value is -1.19. The Bertz CT molecular complexity index is 761. The molecule has 25 heavy (non-hydrogen) atoms. The number of benzene rings is 2. The van der Waals surface area contributed by atoms with Crippen LogP contribution in [0.4, 0.5) is 5.69 Å². The van der Waals surface area contributed by atoms with Crippen LogP contribution in [0.25, 0.3) is 0 Å². The highest BCUT2D eigenvalue weighted by Crippen LogP contribution is 2.45. The van der Waals surface area contributed by atoms with Crippen molar-refractivity contribution in [3.8, 4) is 0 Å². The molecule has 0 bridgehead atoms. The largest absolute Gasteiger partial charge is 0.452 e. The topological polar surface area (TPSA) is 55.4 Å². The third-order valence-electron chi connectivity index (χ3n) is 3.52. The lowest BCUT2D eigenvalue weighted by molar-refractivity contribution is -0.119. The number of amides is 1. The number of esters is 1. The molecule has 4 nitrogen and oxygen atoms in total. The van der Waals surface area contributed by atoms with Gasteiger partial charge >= 0.3 is 5.97 Å². The number of rotatable bonds is 5. The summed E-state index contributed by atoms with van der Waals surface area (Å²) in [6.45, 7) is -0.306. The van der Waals surface area contributed by atoms with Crippen molar-refractivity contribution < 1.29 is 14.3 Å². The van der Waals surface area contributed by atoms with E-state index >= 15 is 0 Å². The molecule has 0 radical (unpaired) electrons. The minimum Gasteiger partial charge on any atom is -0.452 e. The van der Waals surface area contributed by atoms with Gasteiger partial charge in [-0.15, -0.1) is 23.5 Å². The first kappa shape index (κ1) is 18.6. The van der Waals surface area contributed by atoms with E-state index < -0.39 is 5.97 Å². The first-order chi connectivity index (χ1) is 12.1. The summed E-state index contributed by atoms with van der Waals surface area (Å²) < 4.78 is 6.48. The molecule has 3 rings (SSSR count). The van der Waals surface area contributed by atoms with E-state index in [1.54, 1.807) is 18.2 Å². The minimum absolute atomic E-state index is 0.306. The average molecular weight is 485 g/mol. The first-order valence-corrected chi connectivity index (χ1v) is 10.9. The number of hydrogen-bond acceptors (Lipinski definition) is 5. The normalized spacial score (nSPS) is 14.3. The van der Waals surface area contributed by atoms with Crippen LogP contribution in [0.5, 0.6) is 0 Å². The van der Waals surface area contributed by atoms with Crippen LogP contribution >= 0.6 is 46.1 Å². The highest BCUT2D eigenvalue weighted by Gasteiger charge is 2.19. The lowest BCUT2D eigenvalue weighted by atomic mass is 10.1. The predicted molar refractivity (Wildman–Crippen MR) is 112 cm³/mol. The molecular weight excluding hydrogens is 469 g/mol. The summed E-state index contributed by atoms with van der Waals surface area (Å²) >= 11 is 5.98. The molecule has 0 aromatic heterocycles. The molecule has 1 heterocycles. The van der Waals surface area contributed by atoms with E-state index in [1.165, 1.54) is 5.56 Å². The van der Waals surface area contributed by atoms with Crippen LogP contribution in [0.15, 0.2) is 48.5 Å². The molecule has 1 amide bonds. The predicted octanol–water partition coefficient (Wildman–Crippen LogP) is 4.57. The summed E-state index contributed by atoms with van der Waals surface area (Å²) in [6.07, 6.45) is 0. The number of carbonyl (C=O) groups is 2. The summed E-state index contributed by atoms with van der Waals surface area (Å²) in [4.78, 5) is 24.0. The van der Waals surface area contributed by atoms with Crippen molar-refractivity contribution in [1.82, 2.24) is 0 Å². The molecule has 7 heteroatoms. The second kappa shape index (κ2) is 8.95. The average Bonchev–Trinajstić information content (AvgIpc) is 3.16. The molecule has 0 unspecified atom stereocenters. The third kappa shape index (κ3) is 5.15. The highest BCUT2D eigenvalue weighted by molar-refractivity contribution is 14.1. The number of ether oxygens (including phenoxy) is 1. The van der Waals surface area contributed by atoms with Crippen LogP contribution in [0.1, 0.15) is 20.5 Å². The first-order valence-electron chi connectivity index (χ1n) is 7.68. The van der Waals surface area contributed by atoms with Gasteiger partial charge < -0.3 is 10.1 Å². The van der Waals surface area contributed by atoms with Crippen LogP contribution in [-0.2, 0) is 9.53 Å². The van der Waals surface area contributed by atoms with Gasteiger partial charge in [-0.1, -0.05) is 24.3 Å². The Morgan fingerprint density at radius 1 is 1.08 bits per heavy atom. The smallest absolute Gasteiger partial charge is 0.338 e. The molecule has 2 aromatic carbocycles. The van der Waals surface area contributed by atoms with Gasteiger partial charge in [0.15, 0.2) is 6.61 Å². The van der Waals surface area contributed by atoms with E-state index in [-0.39, 0.29) is 12.5 Å². The third-order valence-corrected chi connectivity index (χ3v) is 7.57. The Balaban J connectivity index is 1.51. The number of anilines is 1. The summed E-state index contributed by atoms with van der Waals surface area (Å²) in [6, 6.07) is 14.9. The zero-order valence-electron chi connectivity index (χ0n) is 13.2. The van der Waals surface area contributed by atoms with Crippen molar-refractivity contribution in [2.24, 2.45) is 0 Å². The van der Waals surface area contributed by atoms with Crippen molar-refractivity contribution in [2.75, 3.05) is 23.4 Å². The Morgan fingerprint density at radius 2 is 1.76 bits per heavy atom. The summed E-state index contributed by atoms with van der Waals surface area (Å²) in [5.74, 6) is 1.48. The van der Waals surface area contributed by atoms with E-state index in [4.69, 9.17) is 4.74 Å². The molecule has 1 N–H and O–H groups in total. The van der Waals surface area contributed by atoms with Crippen LogP contribution < -0.4 is 5.32 Å². The molecule has 2 aromatic rings. The number of nitrogens with one attached hydrogen (secondary N) is 1. The maximum atomic E-state index is 12.1. The molecule has 0 atom stereocenters. The molecule has 0 aliphatic carbocycles. The Kier molecular flexibility index (Phi) is 6.66. The zero-order valence-corrected chi connectivity index (χ0v) is 17.0. The van der Waals surface area contributed by atoms with Crippen molar-refractivity contribution in [3.63, 3.8) is 0 Å². The fourth-order valence-electron chi connectivity index (χ4n) is 2.29. The monoisotopic (exact) mass is 485 g/mol. The van der Waals surface area contributed by atoms with Gasteiger partial charge in [0.1, 0.15) is 0 Å². The fraction of sp³-hybridized carbons (Fsp3) is 0.222. The number of halogens is 1. The Labute approximate surface area is 168 Å². The van der Waals surface area contributed by atoms with Gasteiger partial charge in [0.25, 0.3) is 5.91 Å². The molecule has 130 valence electrons. The second-order valence-electron chi connectivity index (χ2n) is 5.30. The second-order valence-corrected chi connectivity index (χ2v) is 9.19. The van der Waals surface area contributed by atoms with E-state index in [0.29, 0.717) is 15.8 Å². The number of carbonyl (C=O) groups excluding carboxylic acids is 2. The molecule has 1 aliphatic heterocycles. The quantitative estimate of drug-likeness (QED) is 0.497. The maximum Gasteiger partial charge on any atom is 0.338 e. The molecule has 1 saturated heterocycles. The van der Waals surface area contributed by atoms with Crippen LogP contribution in [-0.4, -0.2) is 30.0 Å². The molecule has 0 spiro atoms. The van der Waals surface area contributed by atoms with Crippen LogP contribution in [0.2, 0.25) is 0 Å². The number of para-hydroxylation sites is 1. The van der Waals surface area contributed by atoms with E-state index in [2.05, 4.69) is 27.9 Å². The van der Waals surface area contributed by atoms with Crippen molar-refractivity contribution in [1.29, 1.82) is 0 Å². The number of hydrogen-bond donors (Lipinski definition) is 1. The SMILES string of the molecule is O=C(COC(=O)c1ccc(C2SCCS2)cc1)Nc1ccccc1I. The molecular formula is C18H16INO3S2. The number of thioether (sulfide) groups is 2. The van der Waals surface area contributed by atoms with E-state index in [0.717, 1.165) is 15.1 Å². The van der Waals surface area contributed by atoms with Crippen molar-refractivity contribution in [3.05, 3.63) is 63.2 Å². The van der Waals surface area contributed by atoms with E-state index in [9.17, 15) is 9.59 Å². The van der Waals surface area contributed by atoms with Crippen LogP contribution in [0, 0.1) is 3.57 Å². The van der Waals surface area contributed by atoms with Gasteiger partial charge in [0.05, 0.1) is 15.8 Å². The van der Waals surface area contributed by atoms with Crippen LogP contribution in [0.3, 0.4) is 0 Å². The fourth-order valence-corrected chi connectivity index (χ4v) is 5.67. The lowest BCUT2D eigenvalue weighted by Crippen LogP contribution is -2.21. The standard InChI is InChI=1S/C18H16INO3S2/c19-14-3-1-2-4-15(14)20-16(21)11-23-17(22)12-5-7-13(8-6-12)18-24-9-10-25-18/h1-8,18H,9-11H2,(H,20,21). The maximum absolute atomic E-state index is 12.1. The van der Waals surface area contributed by atoms with Gasteiger partial charge in [0, 0.05) is 15.1 Å². The van der Waals surface area contributed by atoms with Crippen molar-refractivity contribution in [2.45, 2.75) is 4.58 Å². The van der Waals surface area contributed by atoms with Crippen molar-refractivity contribution >= 4 is 63.7 Å².